The first-order valence-electron chi connectivity index (χ1n) is 12.9. The van der Waals surface area contributed by atoms with E-state index in [0.717, 1.165) is 28.9 Å². The molecule has 4 fully saturated rings. The number of benzene rings is 3. The molecule has 1 nitrogen and oxygen atoms in total. The lowest BCUT2D eigenvalue weighted by Gasteiger charge is -2.57. The van der Waals surface area contributed by atoms with Gasteiger partial charge in [0.1, 0.15) is 11.2 Å². The molecule has 0 amide bonds. The number of furan rings is 1. The summed E-state index contributed by atoms with van der Waals surface area (Å²) in [5, 5.41) is 2.45. The normalized spacial score (nSPS) is 28.8. The van der Waals surface area contributed by atoms with E-state index in [-0.39, 0.29) is 5.41 Å². The van der Waals surface area contributed by atoms with Crippen molar-refractivity contribution in [3.63, 3.8) is 0 Å². The van der Waals surface area contributed by atoms with Gasteiger partial charge in [-0.15, -0.1) is 0 Å². The van der Waals surface area contributed by atoms with Gasteiger partial charge in [-0.25, -0.2) is 0 Å². The van der Waals surface area contributed by atoms with E-state index in [4.69, 9.17) is 4.42 Å². The van der Waals surface area contributed by atoms with Gasteiger partial charge in [0.2, 0.25) is 0 Å². The Morgan fingerprint density at radius 3 is 2.03 bits per heavy atom. The van der Waals surface area contributed by atoms with Gasteiger partial charge >= 0.3 is 0 Å². The van der Waals surface area contributed by atoms with Gasteiger partial charge in [-0.3, -0.25) is 0 Å². The minimum absolute atomic E-state index is 0.0838. The molecule has 4 aliphatic rings. The summed E-state index contributed by atoms with van der Waals surface area (Å²) in [5.41, 5.74) is 8.00. The van der Waals surface area contributed by atoms with Crippen LogP contribution in [0.2, 0.25) is 0 Å². The molecular formula is C32H34O. The van der Waals surface area contributed by atoms with E-state index in [1.54, 1.807) is 5.56 Å². The van der Waals surface area contributed by atoms with E-state index in [1.807, 2.05) is 0 Å². The Bertz CT molecular complexity index is 1330. The number of rotatable bonds is 2. The van der Waals surface area contributed by atoms with Crippen molar-refractivity contribution in [1.82, 2.24) is 0 Å². The second kappa shape index (κ2) is 6.75. The molecule has 0 saturated heterocycles. The summed E-state index contributed by atoms with van der Waals surface area (Å²) in [4.78, 5) is 0. The quantitative estimate of drug-likeness (QED) is 0.307. The van der Waals surface area contributed by atoms with Crippen molar-refractivity contribution in [3.05, 3.63) is 71.8 Å². The van der Waals surface area contributed by atoms with Crippen molar-refractivity contribution in [2.24, 2.45) is 17.8 Å². The monoisotopic (exact) mass is 434 g/mol. The molecular weight excluding hydrogens is 400 g/mol. The van der Waals surface area contributed by atoms with Gasteiger partial charge < -0.3 is 4.42 Å². The van der Waals surface area contributed by atoms with Crippen molar-refractivity contribution in [3.8, 4) is 11.1 Å². The molecule has 168 valence electrons. The fraction of sp³-hybridized carbons (Fsp3) is 0.438. The molecule has 0 N–H and O–H groups in total. The van der Waals surface area contributed by atoms with Crippen molar-refractivity contribution >= 4 is 21.9 Å². The van der Waals surface area contributed by atoms with E-state index < -0.39 is 0 Å². The van der Waals surface area contributed by atoms with Crippen LogP contribution in [-0.2, 0) is 10.8 Å². The van der Waals surface area contributed by atoms with Crippen LogP contribution in [0, 0.1) is 17.8 Å². The molecule has 33 heavy (non-hydrogen) atoms. The van der Waals surface area contributed by atoms with Crippen molar-refractivity contribution in [2.45, 2.75) is 70.1 Å². The van der Waals surface area contributed by atoms with Gasteiger partial charge in [-0.1, -0.05) is 63.2 Å². The number of hydrogen-bond donors (Lipinski definition) is 0. The Hall–Kier alpha value is -2.54. The van der Waals surface area contributed by atoms with E-state index in [9.17, 15) is 0 Å². The Kier molecular flexibility index (Phi) is 4.07. The molecule has 1 heterocycles. The average Bonchev–Trinajstić information content (AvgIpc) is 3.16. The van der Waals surface area contributed by atoms with Gasteiger partial charge in [-0.05, 0) is 102 Å². The molecule has 3 aromatic carbocycles. The number of fused-ring (bicyclic) bond motifs is 3. The maximum Gasteiger partial charge on any atom is 0.143 e. The van der Waals surface area contributed by atoms with Crippen LogP contribution in [0.4, 0.5) is 0 Å². The smallest absolute Gasteiger partial charge is 0.143 e. The van der Waals surface area contributed by atoms with Gasteiger partial charge in [0.05, 0.1) is 0 Å². The molecule has 4 aliphatic carbocycles. The third kappa shape index (κ3) is 3.04. The molecule has 0 radical (unpaired) electrons. The fourth-order valence-corrected chi connectivity index (χ4v) is 7.94. The minimum Gasteiger partial charge on any atom is -0.455 e. The maximum atomic E-state index is 6.44. The third-order valence-electron chi connectivity index (χ3n) is 9.19. The minimum atomic E-state index is 0.0838. The lowest BCUT2D eigenvalue weighted by molar-refractivity contribution is -0.00518. The van der Waals surface area contributed by atoms with Crippen LogP contribution in [0.1, 0.15) is 70.4 Å². The largest absolute Gasteiger partial charge is 0.455 e. The zero-order chi connectivity index (χ0) is 22.4. The molecule has 4 bridgehead atoms. The van der Waals surface area contributed by atoms with Crippen molar-refractivity contribution in [2.75, 3.05) is 0 Å². The van der Waals surface area contributed by atoms with Crippen molar-refractivity contribution < 1.29 is 4.42 Å². The lowest BCUT2D eigenvalue weighted by atomic mass is 9.48. The first-order chi connectivity index (χ1) is 15.9. The highest BCUT2D eigenvalue weighted by Gasteiger charge is 2.51. The van der Waals surface area contributed by atoms with E-state index in [2.05, 4.69) is 81.4 Å². The zero-order valence-electron chi connectivity index (χ0n) is 20.2. The lowest BCUT2D eigenvalue weighted by Crippen LogP contribution is -2.48. The fourth-order valence-electron chi connectivity index (χ4n) is 7.94. The third-order valence-corrected chi connectivity index (χ3v) is 9.19. The van der Waals surface area contributed by atoms with E-state index in [0.29, 0.717) is 5.41 Å². The molecule has 0 unspecified atom stereocenters. The summed E-state index contributed by atoms with van der Waals surface area (Å²) in [6, 6.07) is 22.8. The first-order valence-corrected chi connectivity index (χ1v) is 12.9. The van der Waals surface area contributed by atoms with Crippen LogP contribution in [0.15, 0.2) is 65.1 Å². The highest BCUT2D eigenvalue weighted by Crippen LogP contribution is 2.60. The predicted molar refractivity (Wildman–Crippen MR) is 138 cm³/mol. The van der Waals surface area contributed by atoms with Gasteiger partial charge in [-0.2, -0.15) is 0 Å². The average molecular weight is 435 g/mol. The summed E-state index contributed by atoms with van der Waals surface area (Å²) >= 11 is 0. The van der Waals surface area contributed by atoms with Crippen LogP contribution in [-0.4, -0.2) is 0 Å². The summed E-state index contributed by atoms with van der Waals surface area (Å²) in [7, 11) is 0. The summed E-state index contributed by atoms with van der Waals surface area (Å²) in [5.74, 6) is 2.94. The molecule has 1 heteroatoms. The van der Waals surface area contributed by atoms with Crippen LogP contribution in [0.3, 0.4) is 0 Å². The standard InChI is InChI=1S/C32H34O/c1-31(2,3)25-15-27(30-28(16-25)26-6-4-5-7-29(26)33-30)23-8-10-24(11-9-23)32-17-20-12-21(18-32)14-22(13-20)19-32/h4-11,15-16,20-22H,12-14,17-19H2,1-3H3. The van der Waals surface area contributed by atoms with Gasteiger partial charge in [0, 0.05) is 16.3 Å². The Labute approximate surface area is 197 Å². The molecule has 0 aliphatic heterocycles. The van der Waals surface area contributed by atoms with Crippen LogP contribution in [0.5, 0.6) is 0 Å². The highest BCUT2D eigenvalue weighted by molar-refractivity contribution is 6.10. The van der Waals surface area contributed by atoms with Gasteiger partial charge in [0.25, 0.3) is 0 Å². The second-order valence-electron chi connectivity index (χ2n) is 12.5. The Morgan fingerprint density at radius 2 is 1.39 bits per heavy atom. The molecule has 8 rings (SSSR count). The SMILES string of the molecule is CC(C)(C)c1cc(-c2ccc(C34CC5CC(CC(C5)C3)C4)cc2)c2oc3ccccc3c2c1. The predicted octanol–water partition coefficient (Wildman–Crippen LogP) is 9.02. The molecule has 0 spiro atoms. The zero-order valence-corrected chi connectivity index (χ0v) is 20.2. The molecule has 4 aromatic rings. The topological polar surface area (TPSA) is 13.1 Å². The summed E-state index contributed by atoms with van der Waals surface area (Å²) in [6.45, 7) is 6.91. The van der Waals surface area contributed by atoms with Crippen molar-refractivity contribution in [1.29, 1.82) is 0 Å². The highest BCUT2D eigenvalue weighted by atomic mass is 16.3. The van der Waals surface area contributed by atoms with Crippen LogP contribution in [0.25, 0.3) is 33.1 Å². The van der Waals surface area contributed by atoms with E-state index in [1.165, 1.54) is 66.0 Å². The van der Waals surface area contributed by atoms with E-state index >= 15 is 0 Å². The first kappa shape index (κ1) is 19.9. The molecule has 0 atom stereocenters. The maximum absolute atomic E-state index is 6.44. The van der Waals surface area contributed by atoms with Crippen LogP contribution < -0.4 is 0 Å². The second-order valence-corrected chi connectivity index (χ2v) is 12.5. The Balaban J connectivity index is 1.36. The summed E-state index contributed by atoms with van der Waals surface area (Å²) in [6.07, 6.45) is 8.77. The molecule has 4 saturated carbocycles. The van der Waals surface area contributed by atoms with Crippen LogP contribution >= 0.6 is 0 Å². The Morgan fingerprint density at radius 1 is 0.758 bits per heavy atom. The number of hydrogen-bond acceptors (Lipinski definition) is 1. The number of para-hydroxylation sites is 1. The molecule has 1 aromatic heterocycles. The van der Waals surface area contributed by atoms with Gasteiger partial charge in [0.15, 0.2) is 0 Å². The summed E-state index contributed by atoms with van der Waals surface area (Å²) < 4.78 is 6.44.